The molecular weight excluding hydrogens is 193 g/mol. The zero-order valence-electron chi connectivity index (χ0n) is 9.46. The number of halogens is 1. The minimum atomic E-state index is -0.198. The summed E-state index contributed by atoms with van der Waals surface area (Å²) in [6.45, 7) is 4.79. The van der Waals surface area contributed by atoms with E-state index in [1.54, 1.807) is 19.2 Å². The van der Waals surface area contributed by atoms with Crippen LogP contribution in [0.25, 0.3) is 0 Å². The Hall–Kier alpha value is -0.930. The van der Waals surface area contributed by atoms with Gasteiger partial charge in [0.15, 0.2) is 0 Å². The highest BCUT2D eigenvalue weighted by molar-refractivity contribution is 5.19. The van der Waals surface area contributed by atoms with Gasteiger partial charge in [0.2, 0.25) is 0 Å². The van der Waals surface area contributed by atoms with E-state index >= 15 is 0 Å². The van der Waals surface area contributed by atoms with Crippen molar-refractivity contribution in [2.24, 2.45) is 0 Å². The third-order valence-electron chi connectivity index (χ3n) is 2.32. The Morgan fingerprint density at radius 2 is 1.87 bits per heavy atom. The minimum Gasteiger partial charge on any atom is -0.383 e. The van der Waals surface area contributed by atoms with Crippen molar-refractivity contribution in [2.45, 2.75) is 25.9 Å². The molecule has 84 valence electrons. The summed E-state index contributed by atoms with van der Waals surface area (Å²) in [7, 11) is 1.68. The van der Waals surface area contributed by atoms with Crippen molar-refractivity contribution < 1.29 is 9.13 Å². The van der Waals surface area contributed by atoms with E-state index < -0.39 is 0 Å². The Kier molecular flexibility index (Phi) is 4.72. The van der Waals surface area contributed by atoms with Crippen LogP contribution in [0, 0.1) is 5.82 Å². The van der Waals surface area contributed by atoms with Crippen molar-refractivity contribution in [3.05, 3.63) is 35.6 Å². The summed E-state index contributed by atoms with van der Waals surface area (Å²) in [5.41, 5.74) is 1.08. The van der Waals surface area contributed by atoms with E-state index in [0.29, 0.717) is 6.61 Å². The van der Waals surface area contributed by atoms with E-state index in [2.05, 4.69) is 19.2 Å². The third-order valence-corrected chi connectivity index (χ3v) is 2.32. The highest BCUT2D eigenvalue weighted by atomic mass is 19.1. The molecule has 1 aromatic carbocycles. The van der Waals surface area contributed by atoms with Crippen LogP contribution < -0.4 is 5.32 Å². The summed E-state index contributed by atoms with van der Waals surface area (Å²) in [4.78, 5) is 0. The molecule has 0 fully saturated rings. The van der Waals surface area contributed by atoms with Crippen molar-refractivity contribution >= 4 is 0 Å². The van der Waals surface area contributed by atoms with E-state index in [9.17, 15) is 4.39 Å². The molecule has 2 atom stereocenters. The van der Waals surface area contributed by atoms with Crippen LogP contribution in [0.1, 0.15) is 25.5 Å². The Morgan fingerprint density at radius 3 is 2.40 bits per heavy atom. The van der Waals surface area contributed by atoms with Crippen LogP contribution >= 0.6 is 0 Å². The van der Waals surface area contributed by atoms with Gasteiger partial charge in [-0.1, -0.05) is 12.1 Å². The molecule has 0 saturated heterocycles. The van der Waals surface area contributed by atoms with E-state index in [1.807, 2.05) is 0 Å². The lowest BCUT2D eigenvalue weighted by atomic mass is 10.1. The van der Waals surface area contributed by atoms with E-state index in [-0.39, 0.29) is 17.9 Å². The third kappa shape index (κ3) is 3.98. The normalized spacial score (nSPS) is 14.9. The second kappa shape index (κ2) is 5.83. The first kappa shape index (κ1) is 12.1. The lowest BCUT2D eigenvalue weighted by Gasteiger charge is -2.19. The smallest absolute Gasteiger partial charge is 0.123 e. The van der Waals surface area contributed by atoms with Gasteiger partial charge < -0.3 is 10.1 Å². The number of ether oxygens (including phenoxy) is 1. The molecule has 1 N–H and O–H groups in total. The van der Waals surface area contributed by atoms with Crippen LogP contribution in [-0.2, 0) is 4.74 Å². The summed E-state index contributed by atoms with van der Waals surface area (Å²) in [6, 6.07) is 7.05. The summed E-state index contributed by atoms with van der Waals surface area (Å²) in [5.74, 6) is -0.198. The maximum absolute atomic E-state index is 12.7. The maximum Gasteiger partial charge on any atom is 0.123 e. The Morgan fingerprint density at radius 1 is 1.27 bits per heavy atom. The van der Waals surface area contributed by atoms with Crippen LogP contribution in [-0.4, -0.2) is 19.8 Å². The largest absolute Gasteiger partial charge is 0.383 e. The van der Waals surface area contributed by atoms with Crippen LogP contribution in [0.4, 0.5) is 4.39 Å². The highest BCUT2D eigenvalue weighted by Crippen LogP contribution is 2.13. The maximum atomic E-state index is 12.7. The number of benzene rings is 1. The minimum absolute atomic E-state index is 0.198. The van der Waals surface area contributed by atoms with Gasteiger partial charge >= 0.3 is 0 Å². The molecule has 2 nitrogen and oxygen atoms in total. The van der Waals surface area contributed by atoms with Crippen molar-refractivity contribution in [3.8, 4) is 0 Å². The lowest BCUT2D eigenvalue weighted by molar-refractivity contribution is 0.167. The number of hydrogen-bond donors (Lipinski definition) is 1. The summed E-state index contributed by atoms with van der Waals surface area (Å²) < 4.78 is 17.7. The number of nitrogens with one attached hydrogen (secondary N) is 1. The van der Waals surface area contributed by atoms with E-state index in [1.165, 1.54) is 12.1 Å². The van der Waals surface area contributed by atoms with Crippen LogP contribution in [0.3, 0.4) is 0 Å². The lowest BCUT2D eigenvalue weighted by Crippen LogP contribution is -2.32. The molecule has 0 aliphatic carbocycles. The molecule has 2 unspecified atom stereocenters. The first-order chi connectivity index (χ1) is 7.13. The van der Waals surface area contributed by atoms with Crippen molar-refractivity contribution in [1.82, 2.24) is 5.32 Å². The number of hydrogen-bond acceptors (Lipinski definition) is 2. The second-order valence-electron chi connectivity index (χ2n) is 3.80. The van der Waals surface area contributed by atoms with Gasteiger partial charge in [-0.2, -0.15) is 0 Å². The van der Waals surface area contributed by atoms with Crippen LogP contribution in [0.15, 0.2) is 24.3 Å². The van der Waals surface area contributed by atoms with E-state index in [0.717, 1.165) is 5.56 Å². The number of methoxy groups -OCH3 is 1. The first-order valence-corrected chi connectivity index (χ1v) is 5.14. The van der Waals surface area contributed by atoms with Crippen LogP contribution in [0.2, 0.25) is 0 Å². The molecule has 15 heavy (non-hydrogen) atoms. The average Bonchev–Trinajstić information content (AvgIpc) is 2.18. The monoisotopic (exact) mass is 211 g/mol. The number of rotatable bonds is 5. The average molecular weight is 211 g/mol. The molecule has 0 aliphatic heterocycles. The summed E-state index contributed by atoms with van der Waals surface area (Å²) in [5, 5.41) is 3.37. The van der Waals surface area contributed by atoms with Crippen molar-refractivity contribution in [2.75, 3.05) is 13.7 Å². The zero-order valence-corrected chi connectivity index (χ0v) is 9.46. The van der Waals surface area contributed by atoms with E-state index in [4.69, 9.17) is 4.74 Å². The molecule has 0 amide bonds. The molecule has 0 aliphatic rings. The topological polar surface area (TPSA) is 21.3 Å². The molecular formula is C12H18FNO. The van der Waals surface area contributed by atoms with Gasteiger partial charge in [0.05, 0.1) is 6.61 Å². The molecule has 3 heteroatoms. The Bertz CT molecular complexity index is 286. The molecule has 0 heterocycles. The molecule has 1 aromatic rings. The van der Waals surface area contributed by atoms with Gasteiger partial charge in [0, 0.05) is 19.2 Å². The molecule has 0 radical (unpaired) electrons. The molecule has 0 saturated carbocycles. The van der Waals surface area contributed by atoms with Crippen molar-refractivity contribution in [1.29, 1.82) is 0 Å². The SMILES string of the molecule is COCC(C)NC(C)c1ccc(F)cc1. The van der Waals surface area contributed by atoms with Gasteiger partial charge in [-0.15, -0.1) is 0 Å². The summed E-state index contributed by atoms with van der Waals surface area (Å²) >= 11 is 0. The Balaban J connectivity index is 2.53. The predicted octanol–water partition coefficient (Wildman–Crippen LogP) is 2.51. The Labute approximate surface area is 90.4 Å². The molecule has 1 rings (SSSR count). The first-order valence-electron chi connectivity index (χ1n) is 5.14. The van der Waals surface area contributed by atoms with Gasteiger partial charge in [0.1, 0.15) is 5.82 Å². The van der Waals surface area contributed by atoms with Crippen LogP contribution in [0.5, 0.6) is 0 Å². The zero-order chi connectivity index (χ0) is 11.3. The molecule has 0 aromatic heterocycles. The molecule has 0 spiro atoms. The van der Waals surface area contributed by atoms with Gasteiger partial charge in [-0.05, 0) is 31.5 Å². The fourth-order valence-corrected chi connectivity index (χ4v) is 1.57. The van der Waals surface area contributed by atoms with Gasteiger partial charge in [-0.25, -0.2) is 4.39 Å². The van der Waals surface area contributed by atoms with Gasteiger partial charge in [-0.3, -0.25) is 0 Å². The fraction of sp³-hybridized carbons (Fsp3) is 0.500. The van der Waals surface area contributed by atoms with Gasteiger partial charge in [0.25, 0.3) is 0 Å². The quantitative estimate of drug-likeness (QED) is 0.808. The highest BCUT2D eigenvalue weighted by Gasteiger charge is 2.08. The molecule has 0 bridgehead atoms. The fourth-order valence-electron chi connectivity index (χ4n) is 1.57. The second-order valence-corrected chi connectivity index (χ2v) is 3.80. The summed E-state index contributed by atoms with van der Waals surface area (Å²) in [6.07, 6.45) is 0. The standard InChI is InChI=1S/C12H18FNO/c1-9(8-15-3)14-10(2)11-4-6-12(13)7-5-11/h4-7,9-10,14H,8H2,1-3H3. The predicted molar refractivity (Wildman–Crippen MR) is 59.3 cm³/mol. The van der Waals surface area contributed by atoms with Crippen molar-refractivity contribution in [3.63, 3.8) is 0 Å².